The number of ether oxygens (including phenoxy) is 2. The van der Waals surface area contributed by atoms with Crippen molar-refractivity contribution in [2.45, 2.75) is 20.2 Å². The van der Waals surface area contributed by atoms with Crippen LogP contribution >= 0.6 is 23.7 Å². The molecular weight excluding hydrogens is 483 g/mol. The second kappa shape index (κ2) is 10.3. The third-order valence-corrected chi connectivity index (χ3v) is 6.11. The second-order valence-electron chi connectivity index (χ2n) is 7.41. The first-order chi connectivity index (χ1) is 15.2. The standard InChI is InChI=1S/C21H22F3N3O4S.ClH/c1-13-11-16(14(2)30-13)19(28)27(6-5-26-7-9-29-10-8-26)20-25-17-4-3-15(12-18(17)32-20)31-21(22,23)24;/h3-4,11-12H,5-10H2,1-2H3;1H. The molecule has 0 spiro atoms. The molecule has 180 valence electrons. The number of alkyl halides is 3. The fourth-order valence-electron chi connectivity index (χ4n) is 3.54. The van der Waals surface area contributed by atoms with Crippen molar-refractivity contribution in [2.24, 2.45) is 0 Å². The lowest BCUT2D eigenvalue weighted by Crippen LogP contribution is -2.43. The van der Waals surface area contributed by atoms with Gasteiger partial charge in [-0.25, -0.2) is 4.98 Å². The van der Waals surface area contributed by atoms with Crippen LogP contribution in [0.3, 0.4) is 0 Å². The molecule has 7 nitrogen and oxygen atoms in total. The fourth-order valence-corrected chi connectivity index (χ4v) is 4.56. The Balaban J connectivity index is 0.00000306. The molecule has 1 aromatic carbocycles. The predicted molar refractivity (Wildman–Crippen MR) is 121 cm³/mol. The summed E-state index contributed by atoms with van der Waals surface area (Å²) >= 11 is 1.14. The number of aromatic nitrogens is 1. The average Bonchev–Trinajstić information content (AvgIpc) is 3.29. The Morgan fingerprint density at radius 1 is 1.24 bits per heavy atom. The highest BCUT2D eigenvalue weighted by atomic mass is 35.5. The van der Waals surface area contributed by atoms with E-state index in [1.54, 1.807) is 24.8 Å². The smallest absolute Gasteiger partial charge is 0.466 e. The van der Waals surface area contributed by atoms with Crippen molar-refractivity contribution in [3.8, 4) is 5.75 Å². The van der Waals surface area contributed by atoms with Crippen LogP contribution in [0.5, 0.6) is 5.75 Å². The van der Waals surface area contributed by atoms with Crippen molar-refractivity contribution < 1.29 is 31.9 Å². The lowest BCUT2D eigenvalue weighted by atomic mass is 10.2. The van der Waals surface area contributed by atoms with E-state index in [1.165, 1.54) is 18.2 Å². The summed E-state index contributed by atoms with van der Waals surface area (Å²) in [5.74, 6) is 0.536. The number of benzene rings is 1. The van der Waals surface area contributed by atoms with Crippen LogP contribution in [0.25, 0.3) is 10.2 Å². The number of anilines is 1. The van der Waals surface area contributed by atoms with Gasteiger partial charge in [0.2, 0.25) is 0 Å². The quantitative estimate of drug-likeness (QED) is 0.479. The highest BCUT2D eigenvalue weighted by Crippen LogP contribution is 2.34. The van der Waals surface area contributed by atoms with Gasteiger partial charge in [0.15, 0.2) is 5.13 Å². The summed E-state index contributed by atoms with van der Waals surface area (Å²) in [5, 5.41) is 0.403. The van der Waals surface area contributed by atoms with E-state index in [0.29, 0.717) is 58.7 Å². The van der Waals surface area contributed by atoms with Gasteiger partial charge < -0.3 is 13.9 Å². The van der Waals surface area contributed by atoms with E-state index >= 15 is 0 Å². The summed E-state index contributed by atoms with van der Waals surface area (Å²) in [6.07, 6.45) is -4.78. The first-order valence-corrected chi connectivity index (χ1v) is 10.9. The molecule has 0 atom stereocenters. The molecule has 0 aliphatic carbocycles. The molecule has 1 aliphatic heterocycles. The van der Waals surface area contributed by atoms with E-state index in [2.05, 4.69) is 14.6 Å². The van der Waals surface area contributed by atoms with Gasteiger partial charge in [-0.2, -0.15) is 0 Å². The van der Waals surface area contributed by atoms with Gasteiger partial charge >= 0.3 is 6.36 Å². The van der Waals surface area contributed by atoms with Crippen LogP contribution < -0.4 is 9.64 Å². The van der Waals surface area contributed by atoms with Crippen LogP contribution in [0.1, 0.15) is 21.9 Å². The predicted octanol–water partition coefficient (Wildman–Crippen LogP) is 4.81. The molecule has 1 amide bonds. The van der Waals surface area contributed by atoms with Gasteiger partial charge in [0, 0.05) is 32.2 Å². The van der Waals surface area contributed by atoms with Crippen LogP contribution in [0.2, 0.25) is 0 Å². The monoisotopic (exact) mass is 505 g/mol. The van der Waals surface area contributed by atoms with Crippen molar-refractivity contribution in [3.05, 3.63) is 41.3 Å². The summed E-state index contributed by atoms with van der Waals surface area (Å²) in [6, 6.07) is 5.63. The second-order valence-corrected chi connectivity index (χ2v) is 8.42. The van der Waals surface area contributed by atoms with E-state index < -0.39 is 6.36 Å². The van der Waals surface area contributed by atoms with Crippen LogP contribution in [0.4, 0.5) is 18.3 Å². The first kappa shape index (κ1) is 25.3. The number of carbonyl (C=O) groups is 1. The zero-order valence-corrected chi connectivity index (χ0v) is 19.6. The maximum Gasteiger partial charge on any atom is 0.573 e. The highest BCUT2D eigenvalue weighted by molar-refractivity contribution is 7.22. The Morgan fingerprint density at radius 2 is 1.97 bits per heavy atom. The van der Waals surface area contributed by atoms with Gasteiger partial charge in [-0.3, -0.25) is 14.6 Å². The Morgan fingerprint density at radius 3 is 2.61 bits per heavy atom. The summed E-state index contributed by atoms with van der Waals surface area (Å²) in [5.41, 5.74) is 0.925. The molecule has 3 aromatic rings. The van der Waals surface area contributed by atoms with E-state index in [0.717, 1.165) is 24.4 Å². The number of aryl methyl sites for hydroxylation is 2. The van der Waals surface area contributed by atoms with Crippen LogP contribution in [-0.2, 0) is 4.74 Å². The molecule has 1 fully saturated rings. The van der Waals surface area contributed by atoms with E-state index in [9.17, 15) is 18.0 Å². The Bertz CT molecular complexity index is 1110. The van der Waals surface area contributed by atoms with Crippen molar-refractivity contribution in [3.63, 3.8) is 0 Å². The third kappa shape index (κ3) is 6.17. The topological polar surface area (TPSA) is 68.0 Å². The number of amides is 1. The highest BCUT2D eigenvalue weighted by Gasteiger charge is 2.31. The zero-order chi connectivity index (χ0) is 22.9. The number of halogens is 4. The van der Waals surface area contributed by atoms with Crippen LogP contribution in [-0.4, -0.2) is 61.5 Å². The SMILES string of the molecule is Cc1cc(C(=O)N(CCN2CCOCC2)c2nc3ccc(OC(F)(F)F)cc3s2)c(C)o1.Cl. The van der Waals surface area contributed by atoms with Gasteiger partial charge in [-0.1, -0.05) is 11.3 Å². The minimum atomic E-state index is -4.78. The van der Waals surface area contributed by atoms with E-state index in [1.807, 2.05) is 0 Å². The maximum atomic E-state index is 13.4. The lowest BCUT2D eigenvalue weighted by Gasteiger charge is -2.29. The summed E-state index contributed by atoms with van der Waals surface area (Å²) in [7, 11) is 0. The molecule has 1 saturated heterocycles. The summed E-state index contributed by atoms with van der Waals surface area (Å²) in [4.78, 5) is 21.7. The minimum absolute atomic E-state index is 0. The molecule has 12 heteroatoms. The third-order valence-electron chi connectivity index (χ3n) is 5.07. The molecule has 0 saturated carbocycles. The summed E-state index contributed by atoms with van der Waals surface area (Å²) in [6.45, 7) is 7.28. The molecule has 33 heavy (non-hydrogen) atoms. The van der Waals surface area contributed by atoms with E-state index in [4.69, 9.17) is 9.15 Å². The van der Waals surface area contributed by atoms with Crippen molar-refractivity contribution >= 4 is 45.0 Å². The number of morpholine rings is 1. The number of nitrogens with zero attached hydrogens (tertiary/aromatic N) is 3. The van der Waals surface area contributed by atoms with Crippen LogP contribution in [0.15, 0.2) is 28.7 Å². The van der Waals surface area contributed by atoms with Gasteiger partial charge in [-0.05, 0) is 32.0 Å². The van der Waals surface area contributed by atoms with Crippen LogP contribution in [0, 0.1) is 13.8 Å². The number of thiazole rings is 1. The van der Waals surface area contributed by atoms with Crippen molar-refractivity contribution in [2.75, 3.05) is 44.3 Å². The van der Waals surface area contributed by atoms with Gasteiger partial charge in [0.1, 0.15) is 17.3 Å². The van der Waals surface area contributed by atoms with Crippen molar-refractivity contribution in [1.29, 1.82) is 0 Å². The molecule has 0 unspecified atom stereocenters. The van der Waals surface area contributed by atoms with E-state index in [-0.39, 0.29) is 24.1 Å². The normalized spacial score (nSPS) is 14.8. The number of rotatable bonds is 6. The first-order valence-electron chi connectivity index (χ1n) is 10.0. The Hall–Kier alpha value is -2.34. The number of hydrogen-bond acceptors (Lipinski definition) is 7. The Kier molecular flexibility index (Phi) is 7.88. The molecule has 0 bridgehead atoms. The number of carbonyl (C=O) groups excluding carboxylic acids is 1. The molecule has 1 aliphatic rings. The fraction of sp³-hybridized carbons (Fsp3) is 0.429. The largest absolute Gasteiger partial charge is 0.573 e. The molecule has 0 N–H and O–H groups in total. The molecule has 3 heterocycles. The van der Waals surface area contributed by atoms with Gasteiger partial charge in [0.05, 0.1) is 29.0 Å². The maximum absolute atomic E-state index is 13.4. The van der Waals surface area contributed by atoms with Gasteiger partial charge in [0.25, 0.3) is 5.91 Å². The Labute approximate surface area is 198 Å². The summed E-state index contributed by atoms with van der Waals surface area (Å²) < 4.78 is 53.1. The average molecular weight is 506 g/mol. The molecule has 0 radical (unpaired) electrons. The minimum Gasteiger partial charge on any atom is -0.466 e. The molecule has 4 rings (SSSR count). The number of hydrogen-bond donors (Lipinski definition) is 0. The lowest BCUT2D eigenvalue weighted by molar-refractivity contribution is -0.274. The zero-order valence-electron chi connectivity index (χ0n) is 18.0. The van der Waals surface area contributed by atoms with Crippen molar-refractivity contribution in [1.82, 2.24) is 9.88 Å². The molecule has 2 aromatic heterocycles. The molecular formula is C21H23ClF3N3O4S. The number of furan rings is 1. The number of fused-ring (bicyclic) bond motifs is 1. The van der Waals surface area contributed by atoms with Gasteiger partial charge in [-0.15, -0.1) is 25.6 Å².